The van der Waals surface area contributed by atoms with Crippen LogP contribution in [0, 0.1) is 5.92 Å². The molecule has 3 nitrogen and oxygen atoms in total. The van der Waals surface area contributed by atoms with Crippen molar-refractivity contribution in [1.82, 2.24) is 10.6 Å². The highest BCUT2D eigenvalue weighted by atomic mass is 16.5. The van der Waals surface area contributed by atoms with Gasteiger partial charge < -0.3 is 15.4 Å². The van der Waals surface area contributed by atoms with Gasteiger partial charge in [0, 0.05) is 13.2 Å². The van der Waals surface area contributed by atoms with Crippen LogP contribution in [0.15, 0.2) is 0 Å². The van der Waals surface area contributed by atoms with Crippen molar-refractivity contribution in [3.8, 4) is 0 Å². The van der Waals surface area contributed by atoms with E-state index in [2.05, 4.69) is 17.6 Å². The SMILES string of the molecule is CC1(CNCC2CCNCC2)CCCO1. The standard InChI is InChI=1S/C12H24N2O/c1-12(5-2-8-15-12)10-14-9-11-3-6-13-7-4-11/h11,13-14H,2-10H2,1H3. The van der Waals surface area contributed by atoms with Crippen LogP contribution < -0.4 is 10.6 Å². The van der Waals surface area contributed by atoms with E-state index >= 15 is 0 Å². The Morgan fingerprint density at radius 3 is 2.87 bits per heavy atom. The molecule has 2 fully saturated rings. The Bertz CT molecular complexity index is 184. The first-order chi connectivity index (χ1) is 7.29. The van der Waals surface area contributed by atoms with Gasteiger partial charge in [-0.25, -0.2) is 0 Å². The molecule has 15 heavy (non-hydrogen) atoms. The van der Waals surface area contributed by atoms with Crippen molar-refractivity contribution in [3.05, 3.63) is 0 Å². The maximum absolute atomic E-state index is 5.75. The average Bonchev–Trinajstić information content (AvgIpc) is 2.67. The van der Waals surface area contributed by atoms with Gasteiger partial charge in [0.1, 0.15) is 0 Å². The average molecular weight is 212 g/mol. The van der Waals surface area contributed by atoms with Crippen LogP contribution in [0.3, 0.4) is 0 Å². The number of rotatable bonds is 4. The molecule has 0 aromatic carbocycles. The Labute approximate surface area is 93.0 Å². The molecule has 0 amide bonds. The molecule has 0 aliphatic carbocycles. The molecule has 0 aromatic heterocycles. The number of nitrogens with one attached hydrogen (secondary N) is 2. The third-order valence-corrected chi connectivity index (χ3v) is 3.69. The lowest BCUT2D eigenvalue weighted by atomic mass is 9.97. The smallest absolute Gasteiger partial charge is 0.0779 e. The molecule has 0 radical (unpaired) electrons. The minimum Gasteiger partial charge on any atom is -0.374 e. The van der Waals surface area contributed by atoms with E-state index in [1.54, 1.807) is 0 Å². The molecule has 2 N–H and O–H groups in total. The first kappa shape index (κ1) is 11.4. The quantitative estimate of drug-likeness (QED) is 0.733. The molecule has 88 valence electrons. The Morgan fingerprint density at radius 1 is 1.40 bits per heavy atom. The second-order valence-electron chi connectivity index (χ2n) is 5.23. The summed E-state index contributed by atoms with van der Waals surface area (Å²) >= 11 is 0. The van der Waals surface area contributed by atoms with Gasteiger partial charge >= 0.3 is 0 Å². The van der Waals surface area contributed by atoms with E-state index in [9.17, 15) is 0 Å². The fourth-order valence-corrected chi connectivity index (χ4v) is 2.60. The Balaban J connectivity index is 1.61. The van der Waals surface area contributed by atoms with Gasteiger partial charge in [-0.1, -0.05) is 0 Å². The van der Waals surface area contributed by atoms with Crippen molar-refractivity contribution in [2.24, 2.45) is 5.92 Å². The summed E-state index contributed by atoms with van der Waals surface area (Å²) in [4.78, 5) is 0. The van der Waals surface area contributed by atoms with Gasteiger partial charge in [-0.15, -0.1) is 0 Å². The molecule has 3 heteroatoms. The molecule has 2 aliphatic rings. The summed E-state index contributed by atoms with van der Waals surface area (Å²) < 4.78 is 5.75. The van der Waals surface area contributed by atoms with Gasteiger partial charge in [-0.05, 0) is 58.2 Å². The van der Waals surface area contributed by atoms with Crippen LogP contribution in [0.2, 0.25) is 0 Å². The minimum absolute atomic E-state index is 0.118. The zero-order valence-electron chi connectivity index (χ0n) is 9.85. The van der Waals surface area contributed by atoms with Crippen molar-refractivity contribution in [2.45, 2.75) is 38.2 Å². The highest BCUT2D eigenvalue weighted by Gasteiger charge is 2.29. The number of hydrogen-bond acceptors (Lipinski definition) is 3. The lowest BCUT2D eigenvalue weighted by Gasteiger charge is -2.27. The Kier molecular flexibility index (Phi) is 4.00. The molecule has 2 aliphatic heterocycles. The second kappa shape index (κ2) is 5.28. The molecule has 2 heterocycles. The van der Waals surface area contributed by atoms with Crippen molar-refractivity contribution in [2.75, 3.05) is 32.8 Å². The van der Waals surface area contributed by atoms with Crippen molar-refractivity contribution < 1.29 is 4.74 Å². The minimum atomic E-state index is 0.118. The van der Waals surface area contributed by atoms with E-state index in [0.29, 0.717) is 0 Å². The molecule has 2 saturated heterocycles. The van der Waals surface area contributed by atoms with Crippen molar-refractivity contribution in [3.63, 3.8) is 0 Å². The van der Waals surface area contributed by atoms with E-state index < -0.39 is 0 Å². The third-order valence-electron chi connectivity index (χ3n) is 3.69. The van der Waals surface area contributed by atoms with Crippen LogP contribution in [-0.2, 0) is 4.74 Å². The maximum atomic E-state index is 5.75. The number of hydrogen-bond donors (Lipinski definition) is 2. The van der Waals surface area contributed by atoms with E-state index in [1.807, 2.05) is 0 Å². The summed E-state index contributed by atoms with van der Waals surface area (Å²) in [6, 6.07) is 0. The second-order valence-corrected chi connectivity index (χ2v) is 5.23. The summed E-state index contributed by atoms with van der Waals surface area (Å²) in [6.07, 6.45) is 5.09. The molecular weight excluding hydrogens is 188 g/mol. The van der Waals surface area contributed by atoms with Gasteiger partial charge in [0.15, 0.2) is 0 Å². The van der Waals surface area contributed by atoms with Gasteiger partial charge in [-0.2, -0.15) is 0 Å². The monoisotopic (exact) mass is 212 g/mol. The predicted molar refractivity (Wildman–Crippen MR) is 62.1 cm³/mol. The first-order valence-electron chi connectivity index (χ1n) is 6.34. The third kappa shape index (κ3) is 3.44. The van der Waals surface area contributed by atoms with Crippen LogP contribution in [0.25, 0.3) is 0 Å². The highest BCUT2D eigenvalue weighted by Crippen LogP contribution is 2.24. The normalized spacial score (nSPS) is 33.4. The molecule has 0 bridgehead atoms. The zero-order valence-corrected chi connectivity index (χ0v) is 9.85. The fourth-order valence-electron chi connectivity index (χ4n) is 2.60. The van der Waals surface area contributed by atoms with Crippen molar-refractivity contribution >= 4 is 0 Å². The van der Waals surface area contributed by atoms with Crippen LogP contribution in [0.4, 0.5) is 0 Å². The van der Waals surface area contributed by atoms with Crippen LogP contribution in [0.1, 0.15) is 32.6 Å². The van der Waals surface area contributed by atoms with Crippen LogP contribution >= 0.6 is 0 Å². The molecule has 2 rings (SSSR count). The highest BCUT2D eigenvalue weighted by molar-refractivity contribution is 4.83. The topological polar surface area (TPSA) is 33.3 Å². The lowest BCUT2D eigenvalue weighted by Crippen LogP contribution is -2.41. The lowest BCUT2D eigenvalue weighted by molar-refractivity contribution is 0.0201. The molecule has 0 spiro atoms. The summed E-state index contributed by atoms with van der Waals surface area (Å²) in [5, 5.41) is 6.99. The molecular formula is C12H24N2O. The van der Waals surface area contributed by atoms with E-state index in [1.165, 1.54) is 45.3 Å². The fraction of sp³-hybridized carbons (Fsp3) is 1.00. The van der Waals surface area contributed by atoms with Crippen molar-refractivity contribution in [1.29, 1.82) is 0 Å². The predicted octanol–water partition coefficient (Wildman–Crippen LogP) is 1.14. The first-order valence-corrected chi connectivity index (χ1v) is 6.34. The molecule has 0 saturated carbocycles. The van der Waals surface area contributed by atoms with Crippen LogP contribution in [-0.4, -0.2) is 38.4 Å². The maximum Gasteiger partial charge on any atom is 0.0779 e. The Morgan fingerprint density at radius 2 is 2.20 bits per heavy atom. The van der Waals surface area contributed by atoms with E-state index in [-0.39, 0.29) is 5.60 Å². The summed E-state index contributed by atoms with van der Waals surface area (Å²) in [5.41, 5.74) is 0.118. The molecule has 1 unspecified atom stereocenters. The van der Waals surface area contributed by atoms with Gasteiger partial charge in [0.05, 0.1) is 5.60 Å². The van der Waals surface area contributed by atoms with Gasteiger partial charge in [0.2, 0.25) is 0 Å². The Hall–Kier alpha value is -0.120. The molecule has 1 atom stereocenters. The summed E-state index contributed by atoms with van der Waals surface area (Å²) in [7, 11) is 0. The zero-order chi connectivity index (χ0) is 10.6. The number of piperidine rings is 1. The largest absolute Gasteiger partial charge is 0.374 e. The van der Waals surface area contributed by atoms with E-state index in [0.717, 1.165) is 19.1 Å². The van der Waals surface area contributed by atoms with Gasteiger partial charge in [0.25, 0.3) is 0 Å². The van der Waals surface area contributed by atoms with E-state index in [4.69, 9.17) is 4.74 Å². The van der Waals surface area contributed by atoms with Crippen LogP contribution in [0.5, 0.6) is 0 Å². The summed E-state index contributed by atoms with van der Waals surface area (Å²) in [6.45, 7) is 7.76. The van der Waals surface area contributed by atoms with Gasteiger partial charge in [-0.3, -0.25) is 0 Å². The molecule has 0 aromatic rings. The summed E-state index contributed by atoms with van der Waals surface area (Å²) in [5.74, 6) is 0.872. The number of ether oxygens (including phenoxy) is 1.